The van der Waals surface area contributed by atoms with Crippen LogP contribution in [0.1, 0.15) is 60.3 Å². The highest BCUT2D eigenvalue weighted by atomic mass is 19.4. The van der Waals surface area contributed by atoms with Crippen LogP contribution in [-0.4, -0.2) is 40.7 Å². The Labute approximate surface area is 232 Å². The molecule has 212 valence electrons. The number of halogens is 3. The van der Waals surface area contributed by atoms with Gasteiger partial charge in [-0.25, -0.2) is 4.98 Å². The molecule has 2 aliphatic heterocycles. The van der Waals surface area contributed by atoms with Crippen LogP contribution in [0.15, 0.2) is 36.5 Å². The summed E-state index contributed by atoms with van der Waals surface area (Å²) in [7, 11) is 0. The lowest BCUT2D eigenvalue weighted by molar-refractivity contribution is -0.138. The Balaban J connectivity index is 1.50. The van der Waals surface area contributed by atoms with Crippen molar-refractivity contribution in [1.29, 1.82) is 0 Å². The highest BCUT2D eigenvalue weighted by Crippen LogP contribution is 2.42. The van der Waals surface area contributed by atoms with E-state index >= 15 is 0 Å². The maximum absolute atomic E-state index is 13.0. The predicted molar refractivity (Wildman–Crippen MR) is 150 cm³/mol. The number of nitrogens with zero attached hydrogens (tertiary/aromatic N) is 4. The van der Waals surface area contributed by atoms with Gasteiger partial charge in [-0.2, -0.15) is 13.2 Å². The molecule has 2 aromatic heterocycles. The topological polar surface area (TPSA) is 69.6 Å². The van der Waals surface area contributed by atoms with Gasteiger partial charge in [-0.15, -0.1) is 0 Å². The molecule has 0 spiro atoms. The number of fused-ring (bicyclic) bond motifs is 1. The zero-order valence-electron chi connectivity index (χ0n) is 23.4. The Morgan fingerprint density at radius 1 is 1.00 bits per heavy atom. The molecular weight excluding hydrogens is 517 g/mol. The van der Waals surface area contributed by atoms with Gasteiger partial charge >= 0.3 is 12.1 Å². The van der Waals surface area contributed by atoms with Crippen molar-refractivity contribution in [2.45, 2.75) is 66.1 Å². The number of rotatable bonds is 5. The van der Waals surface area contributed by atoms with Crippen LogP contribution in [0, 0.1) is 19.3 Å². The first-order valence-corrected chi connectivity index (χ1v) is 13.7. The average Bonchev–Trinajstić information content (AvgIpc) is 2.89. The molecule has 0 bridgehead atoms. The van der Waals surface area contributed by atoms with Crippen LogP contribution in [0.2, 0.25) is 0 Å². The molecule has 0 atom stereocenters. The molecule has 4 heterocycles. The lowest BCUT2D eigenvalue weighted by atomic mass is 9.82. The molecule has 2 aliphatic rings. The lowest BCUT2D eigenvalue weighted by Gasteiger charge is -2.40. The van der Waals surface area contributed by atoms with Gasteiger partial charge in [0.05, 0.1) is 17.7 Å². The van der Waals surface area contributed by atoms with Crippen molar-refractivity contribution in [1.82, 2.24) is 9.97 Å². The van der Waals surface area contributed by atoms with Crippen molar-refractivity contribution in [3.63, 3.8) is 0 Å². The summed E-state index contributed by atoms with van der Waals surface area (Å²) in [5, 5.41) is 9.75. The van der Waals surface area contributed by atoms with Crippen molar-refractivity contribution >= 4 is 17.5 Å². The number of anilines is 2. The SMILES string of the molecule is Cc1nc(C)c(-c2ccc3c(c2)CCN(c2ccc(C(F)(F)F)cn2)C3)c(N2CCC(C)(C)CC2)c1CC(=O)O. The van der Waals surface area contributed by atoms with E-state index < -0.39 is 17.7 Å². The molecule has 0 radical (unpaired) electrons. The van der Waals surface area contributed by atoms with E-state index in [1.54, 1.807) is 0 Å². The van der Waals surface area contributed by atoms with Crippen molar-refractivity contribution < 1.29 is 23.1 Å². The molecule has 0 amide bonds. The molecule has 1 aromatic carbocycles. The summed E-state index contributed by atoms with van der Waals surface area (Å²) in [5.74, 6) is -0.351. The second-order valence-electron chi connectivity index (χ2n) is 11.8. The number of pyridine rings is 2. The second-order valence-corrected chi connectivity index (χ2v) is 11.8. The number of hydrogen-bond donors (Lipinski definition) is 1. The van der Waals surface area contributed by atoms with Crippen LogP contribution < -0.4 is 9.80 Å². The summed E-state index contributed by atoms with van der Waals surface area (Å²) in [6.45, 7) is 11.3. The molecule has 1 N–H and O–H groups in total. The fourth-order valence-corrected chi connectivity index (χ4v) is 5.91. The van der Waals surface area contributed by atoms with E-state index in [2.05, 4.69) is 41.9 Å². The van der Waals surface area contributed by atoms with Gasteiger partial charge in [-0.05, 0) is 67.3 Å². The molecule has 0 aliphatic carbocycles. The van der Waals surface area contributed by atoms with E-state index in [-0.39, 0.29) is 11.8 Å². The van der Waals surface area contributed by atoms with Crippen LogP contribution in [0.4, 0.5) is 24.7 Å². The first-order valence-electron chi connectivity index (χ1n) is 13.7. The Morgan fingerprint density at radius 2 is 1.73 bits per heavy atom. The number of alkyl halides is 3. The molecule has 6 nitrogen and oxygen atoms in total. The zero-order chi connectivity index (χ0) is 28.8. The highest BCUT2D eigenvalue weighted by Gasteiger charge is 2.32. The molecule has 40 heavy (non-hydrogen) atoms. The third-order valence-corrected chi connectivity index (χ3v) is 8.32. The fraction of sp³-hybridized carbons (Fsp3) is 0.452. The van der Waals surface area contributed by atoms with Crippen LogP contribution >= 0.6 is 0 Å². The molecule has 1 fully saturated rings. The van der Waals surface area contributed by atoms with Crippen LogP contribution in [-0.2, 0) is 30.4 Å². The van der Waals surface area contributed by atoms with E-state index in [0.29, 0.717) is 18.9 Å². The minimum absolute atomic E-state index is 0.0820. The molecular formula is C31H35F3N4O2. The van der Waals surface area contributed by atoms with Crippen LogP contribution in [0.25, 0.3) is 11.1 Å². The molecule has 0 saturated carbocycles. The third kappa shape index (κ3) is 5.64. The number of aliphatic carboxylic acids is 1. The summed E-state index contributed by atoms with van der Waals surface area (Å²) < 4.78 is 38.9. The van der Waals surface area contributed by atoms with Gasteiger partial charge in [-0.1, -0.05) is 32.0 Å². The minimum Gasteiger partial charge on any atom is -0.481 e. The number of carbonyl (C=O) groups is 1. The summed E-state index contributed by atoms with van der Waals surface area (Å²) in [4.78, 5) is 25.1. The summed E-state index contributed by atoms with van der Waals surface area (Å²) >= 11 is 0. The lowest BCUT2D eigenvalue weighted by Crippen LogP contribution is -2.38. The van der Waals surface area contributed by atoms with Gasteiger partial charge in [0, 0.05) is 54.9 Å². The monoisotopic (exact) mass is 552 g/mol. The Hall–Kier alpha value is -3.62. The highest BCUT2D eigenvalue weighted by molar-refractivity contribution is 5.86. The fourth-order valence-electron chi connectivity index (χ4n) is 5.91. The van der Waals surface area contributed by atoms with Gasteiger partial charge in [0.25, 0.3) is 0 Å². The van der Waals surface area contributed by atoms with Crippen LogP contribution in [0.5, 0.6) is 0 Å². The summed E-state index contributed by atoms with van der Waals surface area (Å²) in [6, 6.07) is 8.81. The first-order chi connectivity index (χ1) is 18.8. The average molecular weight is 553 g/mol. The van der Waals surface area contributed by atoms with Crippen LogP contribution in [0.3, 0.4) is 0 Å². The van der Waals surface area contributed by atoms with E-state index in [0.717, 1.165) is 83.9 Å². The standard InChI is InChI=1S/C31H35F3N4O2/c1-19-25(16-27(39)40)29(37-13-10-30(3,4)11-14-37)28(20(2)36-19)22-5-6-23-18-38(12-9-21(23)15-22)26-8-7-24(17-35-26)31(32,33)34/h5-8,15,17H,9-14,16,18H2,1-4H3,(H,39,40). The maximum atomic E-state index is 13.0. The van der Waals surface area contributed by atoms with E-state index in [1.165, 1.54) is 11.6 Å². The van der Waals surface area contributed by atoms with Gasteiger partial charge in [0.15, 0.2) is 0 Å². The summed E-state index contributed by atoms with van der Waals surface area (Å²) in [6.07, 6.45) is -0.832. The predicted octanol–water partition coefficient (Wildman–Crippen LogP) is 6.60. The van der Waals surface area contributed by atoms with E-state index in [1.807, 2.05) is 18.7 Å². The second kappa shape index (κ2) is 10.4. The first kappa shape index (κ1) is 27.9. The van der Waals surface area contributed by atoms with Gasteiger partial charge in [-0.3, -0.25) is 9.78 Å². The smallest absolute Gasteiger partial charge is 0.417 e. The van der Waals surface area contributed by atoms with Crippen molar-refractivity contribution in [3.8, 4) is 11.1 Å². The number of carboxylic acid groups (broad SMARTS) is 1. The Kier molecular flexibility index (Phi) is 7.27. The summed E-state index contributed by atoms with van der Waals surface area (Å²) in [5.41, 5.74) is 7.13. The number of hydrogen-bond acceptors (Lipinski definition) is 5. The molecule has 9 heteroatoms. The third-order valence-electron chi connectivity index (χ3n) is 8.32. The van der Waals surface area contributed by atoms with Crippen molar-refractivity contribution in [2.24, 2.45) is 5.41 Å². The van der Waals surface area contributed by atoms with Crippen molar-refractivity contribution in [3.05, 3.63) is 70.2 Å². The maximum Gasteiger partial charge on any atom is 0.417 e. The number of aryl methyl sites for hydroxylation is 2. The Bertz CT molecular complexity index is 1420. The number of carboxylic acids is 1. The molecule has 5 rings (SSSR count). The Morgan fingerprint density at radius 3 is 2.35 bits per heavy atom. The molecule has 1 saturated heterocycles. The normalized spacial score (nSPS) is 17.1. The number of piperidine rings is 1. The van der Waals surface area contributed by atoms with E-state index in [4.69, 9.17) is 4.98 Å². The minimum atomic E-state index is -4.41. The van der Waals surface area contributed by atoms with E-state index in [9.17, 15) is 23.1 Å². The van der Waals surface area contributed by atoms with Gasteiger partial charge in [0.2, 0.25) is 0 Å². The largest absolute Gasteiger partial charge is 0.481 e. The molecule has 3 aromatic rings. The number of benzene rings is 1. The number of aromatic nitrogens is 2. The van der Waals surface area contributed by atoms with Crippen molar-refractivity contribution in [2.75, 3.05) is 29.4 Å². The molecule has 0 unspecified atom stereocenters. The zero-order valence-corrected chi connectivity index (χ0v) is 23.4. The quantitative estimate of drug-likeness (QED) is 0.385. The van der Waals surface area contributed by atoms with Gasteiger partial charge in [0.1, 0.15) is 5.82 Å². The van der Waals surface area contributed by atoms with Gasteiger partial charge < -0.3 is 14.9 Å².